The average molecular weight is 397 g/mol. The van der Waals surface area contributed by atoms with Gasteiger partial charge in [-0.3, -0.25) is 4.79 Å². The van der Waals surface area contributed by atoms with E-state index >= 15 is 0 Å². The van der Waals surface area contributed by atoms with Crippen LogP contribution in [0.15, 0.2) is 0 Å². The molecular weight excluding hydrogens is 360 g/mol. The molecule has 0 radical (unpaired) electrons. The van der Waals surface area contributed by atoms with Crippen molar-refractivity contribution in [1.82, 2.24) is 10.2 Å². The summed E-state index contributed by atoms with van der Waals surface area (Å²) in [5.41, 5.74) is -0.662. The topological polar surface area (TPSA) is 95.9 Å². The molecule has 0 aromatic carbocycles. The summed E-state index contributed by atoms with van der Waals surface area (Å²) in [4.78, 5) is 39.2. The highest BCUT2D eigenvalue weighted by Crippen LogP contribution is 2.34. The Hall–Kier alpha value is -1.79. The maximum atomic E-state index is 13.4. The van der Waals surface area contributed by atoms with Crippen molar-refractivity contribution in [1.29, 1.82) is 0 Å². The van der Waals surface area contributed by atoms with Gasteiger partial charge in [-0.15, -0.1) is 0 Å². The maximum absolute atomic E-state index is 13.4. The predicted molar refractivity (Wildman–Crippen MR) is 106 cm³/mol. The smallest absolute Gasteiger partial charge is 0.408 e. The summed E-state index contributed by atoms with van der Waals surface area (Å²) < 4.78 is 5.37. The van der Waals surface area contributed by atoms with Crippen molar-refractivity contribution in [3.63, 3.8) is 0 Å². The quantitative estimate of drug-likeness (QED) is 0.742. The summed E-state index contributed by atoms with van der Waals surface area (Å²) in [7, 11) is 0. The number of hydrogen-bond donors (Lipinski definition) is 2. The van der Waals surface area contributed by atoms with Crippen LogP contribution in [-0.2, 0) is 14.3 Å². The first-order chi connectivity index (χ1) is 13.0. The first kappa shape index (κ1) is 22.5. The molecule has 0 spiro atoms. The standard InChI is InChI=1S/C21H36N2O5/c1-13(2)15-11-12-23(17(15)19(25)26)18(24)16(14-9-7-6-8-10-14)22-20(27)28-21(3,4)5/h13-17H,6-12H2,1-5H3,(H,22,27)(H,25,26)/t15?,16-,17-/m0/s1. The molecule has 160 valence electrons. The van der Waals surface area contributed by atoms with Gasteiger partial charge in [0.1, 0.15) is 17.7 Å². The lowest BCUT2D eigenvalue weighted by Gasteiger charge is -2.35. The Morgan fingerprint density at radius 2 is 1.68 bits per heavy atom. The van der Waals surface area contributed by atoms with E-state index in [9.17, 15) is 19.5 Å². The van der Waals surface area contributed by atoms with Crippen molar-refractivity contribution in [3.05, 3.63) is 0 Å². The first-order valence-electron chi connectivity index (χ1n) is 10.5. The largest absolute Gasteiger partial charge is 0.480 e. The van der Waals surface area contributed by atoms with E-state index in [2.05, 4.69) is 5.32 Å². The van der Waals surface area contributed by atoms with Crippen LogP contribution in [0, 0.1) is 17.8 Å². The van der Waals surface area contributed by atoms with Crippen molar-refractivity contribution >= 4 is 18.0 Å². The predicted octanol–water partition coefficient (Wildman–Crippen LogP) is 3.42. The lowest BCUT2D eigenvalue weighted by atomic mass is 9.83. The van der Waals surface area contributed by atoms with Crippen LogP contribution < -0.4 is 5.32 Å². The van der Waals surface area contributed by atoms with E-state index in [1.165, 1.54) is 4.90 Å². The SMILES string of the molecule is CC(C)C1CCN(C(=O)[C@@H](NC(=O)OC(C)(C)C)C2CCCCC2)[C@@H]1C(=O)O. The van der Waals surface area contributed by atoms with Gasteiger partial charge in [-0.2, -0.15) is 0 Å². The number of nitrogens with one attached hydrogen (secondary N) is 1. The minimum atomic E-state index is -0.968. The van der Waals surface area contributed by atoms with Gasteiger partial charge < -0.3 is 20.1 Å². The molecule has 1 aliphatic heterocycles. The van der Waals surface area contributed by atoms with Gasteiger partial charge >= 0.3 is 12.1 Å². The van der Waals surface area contributed by atoms with Crippen LogP contribution in [0.1, 0.15) is 73.1 Å². The average Bonchev–Trinajstić information content (AvgIpc) is 3.04. The third-order valence-corrected chi connectivity index (χ3v) is 5.90. The van der Waals surface area contributed by atoms with Gasteiger partial charge in [0.25, 0.3) is 0 Å². The van der Waals surface area contributed by atoms with E-state index in [-0.39, 0.29) is 23.7 Å². The number of likely N-dealkylation sites (tertiary alicyclic amines) is 1. The molecule has 2 rings (SSSR count). The number of alkyl carbamates (subject to hydrolysis) is 1. The second kappa shape index (κ2) is 9.14. The fourth-order valence-corrected chi connectivity index (χ4v) is 4.54. The number of amides is 2. The van der Waals surface area contributed by atoms with Crippen LogP contribution >= 0.6 is 0 Å². The van der Waals surface area contributed by atoms with Gasteiger partial charge in [-0.25, -0.2) is 9.59 Å². The second-order valence-electron chi connectivity index (χ2n) is 9.53. The summed E-state index contributed by atoms with van der Waals surface area (Å²) in [5.74, 6) is -1.14. The molecule has 0 aromatic rings. The first-order valence-corrected chi connectivity index (χ1v) is 10.5. The molecule has 28 heavy (non-hydrogen) atoms. The van der Waals surface area contributed by atoms with Crippen LogP contribution in [-0.4, -0.2) is 52.2 Å². The molecule has 3 atom stereocenters. The van der Waals surface area contributed by atoms with Gasteiger partial charge in [0.2, 0.25) is 5.91 Å². The van der Waals surface area contributed by atoms with E-state index in [1.54, 1.807) is 20.8 Å². The monoisotopic (exact) mass is 396 g/mol. The van der Waals surface area contributed by atoms with Gasteiger partial charge in [0.05, 0.1) is 0 Å². The number of rotatable bonds is 5. The third kappa shape index (κ3) is 5.61. The minimum absolute atomic E-state index is 0.0151. The lowest BCUT2D eigenvalue weighted by Crippen LogP contribution is -2.56. The summed E-state index contributed by atoms with van der Waals surface area (Å²) in [6.07, 6.45) is 4.91. The van der Waals surface area contributed by atoms with E-state index in [4.69, 9.17) is 4.74 Å². The third-order valence-electron chi connectivity index (χ3n) is 5.90. The number of carboxylic acids is 1. The van der Waals surface area contributed by atoms with Crippen LogP contribution in [0.4, 0.5) is 4.79 Å². The van der Waals surface area contributed by atoms with Gasteiger partial charge in [-0.05, 0) is 57.8 Å². The summed E-state index contributed by atoms with van der Waals surface area (Å²) in [6, 6.07) is -1.57. The van der Waals surface area contributed by atoms with Crippen molar-refractivity contribution < 1.29 is 24.2 Å². The van der Waals surface area contributed by atoms with Crippen molar-refractivity contribution in [3.8, 4) is 0 Å². The van der Waals surface area contributed by atoms with Crippen LogP contribution in [0.25, 0.3) is 0 Å². The van der Waals surface area contributed by atoms with Gasteiger partial charge in [0.15, 0.2) is 0 Å². The molecule has 0 aromatic heterocycles. The second-order valence-corrected chi connectivity index (χ2v) is 9.53. The van der Waals surface area contributed by atoms with Crippen LogP contribution in [0.2, 0.25) is 0 Å². The lowest BCUT2D eigenvalue weighted by molar-refractivity contribution is -0.151. The molecule has 1 aliphatic carbocycles. The normalized spacial score (nSPS) is 24.9. The Morgan fingerprint density at radius 1 is 1.07 bits per heavy atom. The molecule has 2 fully saturated rings. The molecule has 2 aliphatic rings. The highest BCUT2D eigenvalue weighted by molar-refractivity contribution is 5.90. The van der Waals surface area contributed by atoms with Crippen molar-refractivity contribution in [2.75, 3.05) is 6.54 Å². The number of carbonyl (C=O) groups is 3. The number of carbonyl (C=O) groups excluding carboxylic acids is 2. The molecule has 7 nitrogen and oxygen atoms in total. The zero-order chi connectivity index (χ0) is 21.1. The molecule has 7 heteroatoms. The molecular formula is C21H36N2O5. The number of nitrogens with zero attached hydrogens (tertiary/aromatic N) is 1. The molecule has 1 unspecified atom stereocenters. The highest BCUT2D eigenvalue weighted by Gasteiger charge is 2.46. The Balaban J connectivity index is 2.22. The Labute approximate surface area is 168 Å². The molecule has 0 bridgehead atoms. The summed E-state index contributed by atoms with van der Waals surface area (Å²) in [6.45, 7) is 9.73. The van der Waals surface area contributed by atoms with E-state index < -0.39 is 29.7 Å². The number of ether oxygens (including phenoxy) is 1. The van der Waals surface area contributed by atoms with E-state index in [1.807, 2.05) is 13.8 Å². The molecule has 2 N–H and O–H groups in total. The fraction of sp³-hybridized carbons (Fsp3) is 0.857. The van der Waals surface area contributed by atoms with Crippen molar-refractivity contribution in [2.24, 2.45) is 17.8 Å². The minimum Gasteiger partial charge on any atom is -0.480 e. The van der Waals surface area contributed by atoms with Gasteiger partial charge in [-0.1, -0.05) is 33.1 Å². The molecule has 1 saturated heterocycles. The van der Waals surface area contributed by atoms with E-state index in [0.717, 1.165) is 32.1 Å². The summed E-state index contributed by atoms with van der Waals surface area (Å²) in [5, 5.41) is 12.6. The molecule has 1 saturated carbocycles. The summed E-state index contributed by atoms with van der Waals surface area (Å²) >= 11 is 0. The van der Waals surface area contributed by atoms with Crippen LogP contribution in [0.5, 0.6) is 0 Å². The number of aliphatic carboxylic acids is 1. The highest BCUT2D eigenvalue weighted by atomic mass is 16.6. The van der Waals surface area contributed by atoms with Crippen LogP contribution in [0.3, 0.4) is 0 Å². The fourth-order valence-electron chi connectivity index (χ4n) is 4.54. The Kier molecular flexibility index (Phi) is 7.34. The number of hydrogen-bond acceptors (Lipinski definition) is 4. The zero-order valence-electron chi connectivity index (χ0n) is 17.9. The zero-order valence-corrected chi connectivity index (χ0v) is 17.9. The van der Waals surface area contributed by atoms with Gasteiger partial charge in [0, 0.05) is 6.54 Å². The molecule has 1 heterocycles. The Morgan fingerprint density at radius 3 is 2.18 bits per heavy atom. The van der Waals surface area contributed by atoms with E-state index in [0.29, 0.717) is 13.0 Å². The maximum Gasteiger partial charge on any atom is 0.408 e. The van der Waals surface area contributed by atoms with Crippen molar-refractivity contribution in [2.45, 2.75) is 90.8 Å². The molecule has 2 amide bonds. The Bertz CT molecular complexity index is 578. The number of carboxylic acid groups (broad SMARTS) is 1.